The average Bonchev–Trinajstić information content (AvgIpc) is 3.04. The lowest BCUT2D eigenvalue weighted by molar-refractivity contribution is -0.704. The molecule has 1 heterocycles. The number of aromatic amines is 1. The van der Waals surface area contributed by atoms with Crippen LogP contribution < -0.4 is 15.6 Å². The van der Waals surface area contributed by atoms with Gasteiger partial charge in [0.2, 0.25) is 11.6 Å². The number of anilines is 1. The summed E-state index contributed by atoms with van der Waals surface area (Å²) >= 11 is 1.16. The quantitative estimate of drug-likeness (QED) is 0.492. The maximum Gasteiger partial charge on any atom is 0.442 e. The summed E-state index contributed by atoms with van der Waals surface area (Å²) in [6.45, 7) is 7.79. The molecule has 0 spiro atoms. The fraction of sp³-hybridized carbons (Fsp3) is 0.286. The Hall–Kier alpha value is -2.80. The molecule has 3 aromatic rings. The van der Waals surface area contributed by atoms with Gasteiger partial charge in [-0.2, -0.15) is 0 Å². The lowest BCUT2D eigenvalue weighted by Gasteiger charge is -2.15. The highest BCUT2D eigenvalue weighted by Gasteiger charge is 2.29. The molecular formula is C21H24N3O3S+. The zero-order valence-electron chi connectivity index (χ0n) is 16.4. The first kappa shape index (κ1) is 19.9. The zero-order chi connectivity index (χ0) is 20.3. The Morgan fingerprint density at radius 3 is 2.61 bits per heavy atom. The Bertz CT molecular complexity index is 1040. The first-order valence-electron chi connectivity index (χ1n) is 9.17. The van der Waals surface area contributed by atoms with Crippen LogP contribution in [0.15, 0.2) is 56.8 Å². The number of para-hydroxylation sites is 1. The van der Waals surface area contributed by atoms with Crippen molar-refractivity contribution in [3.05, 3.63) is 69.6 Å². The molecule has 1 aromatic heterocycles. The molecule has 7 heteroatoms. The van der Waals surface area contributed by atoms with E-state index >= 15 is 0 Å². The third kappa shape index (κ3) is 4.20. The molecule has 0 saturated carbocycles. The second-order valence-electron chi connectivity index (χ2n) is 6.67. The van der Waals surface area contributed by atoms with Crippen LogP contribution in [0.2, 0.25) is 0 Å². The van der Waals surface area contributed by atoms with E-state index in [0.29, 0.717) is 5.03 Å². The van der Waals surface area contributed by atoms with Gasteiger partial charge in [0, 0.05) is 17.8 Å². The number of aryl methyl sites for hydroxylation is 3. The van der Waals surface area contributed by atoms with Gasteiger partial charge < -0.3 is 5.32 Å². The van der Waals surface area contributed by atoms with E-state index in [1.165, 1.54) is 0 Å². The monoisotopic (exact) mass is 398 g/mol. The Balaban J connectivity index is 1.81. The highest BCUT2D eigenvalue weighted by molar-refractivity contribution is 8.00. The van der Waals surface area contributed by atoms with E-state index < -0.39 is 10.9 Å². The molecule has 0 radical (unpaired) electrons. The van der Waals surface area contributed by atoms with Crippen molar-refractivity contribution in [1.29, 1.82) is 0 Å². The molecule has 0 bridgehead atoms. The summed E-state index contributed by atoms with van der Waals surface area (Å²) in [5.41, 5.74) is 4.31. The van der Waals surface area contributed by atoms with E-state index in [2.05, 4.69) is 17.5 Å². The third-order valence-corrected chi connectivity index (χ3v) is 5.69. The van der Waals surface area contributed by atoms with E-state index in [-0.39, 0.29) is 5.91 Å². The molecule has 1 amide bonds. The van der Waals surface area contributed by atoms with E-state index in [1.54, 1.807) is 11.6 Å². The summed E-state index contributed by atoms with van der Waals surface area (Å²) in [7, 11) is 0. The van der Waals surface area contributed by atoms with Crippen LogP contribution in [0.1, 0.15) is 30.5 Å². The number of benzene rings is 2. The van der Waals surface area contributed by atoms with Gasteiger partial charge in [0.25, 0.3) is 0 Å². The van der Waals surface area contributed by atoms with E-state index in [9.17, 15) is 9.59 Å². The lowest BCUT2D eigenvalue weighted by Crippen LogP contribution is -2.37. The summed E-state index contributed by atoms with van der Waals surface area (Å²) < 4.78 is 6.52. The second-order valence-corrected chi connectivity index (χ2v) is 8.00. The van der Waals surface area contributed by atoms with Crippen LogP contribution in [0, 0.1) is 13.8 Å². The van der Waals surface area contributed by atoms with Crippen molar-refractivity contribution < 1.29 is 14.0 Å². The molecule has 3 rings (SSSR count). The molecule has 0 fully saturated rings. The first-order valence-corrected chi connectivity index (χ1v) is 10.0. The van der Waals surface area contributed by atoms with Crippen molar-refractivity contribution in [2.75, 3.05) is 5.32 Å². The van der Waals surface area contributed by atoms with Gasteiger partial charge in [0.1, 0.15) is 0 Å². The zero-order valence-corrected chi connectivity index (χ0v) is 17.2. The average molecular weight is 399 g/mol. The van der Waals surface area contributed by atoms with Gasteiger partial charge in [-0.15, -0.1) is 0 Å². The molecule has 2 aromatic carbocycles. The normalized spacial score (nSPS) is 12.0. The van der Waals surface area contributed by atoms with Crippen LogP contribution in [0.4, 0.5) is 5.69 Å². The fourth-order valence-electron chi connectivity index (χ4n) is 2.88. The molecular weight excluding hydrogens is 374 g/mol. The van der Waals surface area contributed by atoms with Gasteiger partial charge >= 0.3 is 10.7 Å². The van der Waals surface area contributed by atoms with Crippen LogP contribution in [-0.4, -0.2) is 16.4 Å². The number of nitrogens with one attached hydrogen (secondary N) is 2. The number of thioether (sulfide) groups is 1. The topological polar surface area (TPSA) is 79.0 Å². The smallest absolute Gasteiger partial charge is 0.325 e. The van der Waals surface area contributed by atoms with Crippen molar-refractivity contribution in [3.63, 3.8) is 0 Å². The maximum absolute atomic E-state index is 12.8. The molecule has 0 aliphatic rings. The van der Waals surface area contributed by atoms with Gasteiger partial charge in [-0.25, -0.2) is 4.79 Å². The number of rotatable bonds is 6. The van der Waals surface area contributed by atoms with Crippen molar-refractivity contribution in [1.82, 2.24) is 5.27 Å². The van der Waals surface area contributed by atoms with E-state index in [1.807, 2.05) is 56.3 Å². The molecule has 1 atom stereocenters. The summed E-state index contributed by atoms with van der Waals surface area (Å²) in [4.78, 5) is 25.0. The number of aromatic nitrogens is 2. The van der Waals surface area contributed by atoms with Crippen LogP contribution in [0.25, 0.3) is 5.69 Å². The van der Waals surface area contributed by atoms with Crippen molar-refractivity contribution in [3.8, 4) is 5.69 Å². The summed E-state index contributed by atoms with van der Waals surface area (Å²) in [5, 5.41) is 5.46. The fourth-order valence-corrected chi connectivity index (χ4v) is 3.76. The maximum atomic E-state index is 12.8. The molecule has 0 aliphatic heterocycles. The van der Waals surface area contributed by atoms with Crippen molar-refractivity contribution in [2.45, 2.75) is 44.4 Å². The Morgan fingerprint density at radius 1 is 1.21 bits per heavy atom. The highest BCUT2D eigenvalue weighted by Crippen LogP contribution is 2.24. The lowest BCUT2D eigenvalue weighted by atomic mass is 10.1. The second kappa shape index (κ2) is 8.48. The van der Waals surface area contributed by atoms with Gasteiger partial charge in [0.15, 0.2) is 0 Å². The standard InChI is InChI=1S/C21H23N3O3S/c1-5-16-8-6-7-14(3)18(16)22-19(25)15(4)28-20-21(26)27-23-24(20)17-11-9-13(2)10-12-17/h6-12,15H,5H2,1-4H3,(H-,22,23,25,26)/p+1. The Labute approximate surface area is 167 Å². The van der Waals surface area contributed by atoms with Crippen LogP contribution in [0.5, 0.6) is 0 Å². The molecule has 0 aliphatic carbocycles. The van der Waals surface area contributed by atoms with Gasteiger partial charge in [0.05, 0.1) is 5.25 Å². The van der Waals surface area contributed by atoms with E-state index in [4.69, 9.17) is 4.52 Å². The number of hydrogen-bond acceptors (Lipinski definition) is 4. The number of nitrogens with zero attached hydrogens (tertiary/aromatic N) is 1. The SMILES string of the molecule is CCc1cccc(C)c1NC(=O)C(C)Sc1c(=O)o[nH][n+]1-c1ccc(C)cc1. The largest absolute Gasteiger partial charge is 0.442 e. The van der Waals surface area contributed by atoms with Gasteiger partial charge in [-0.05, 0) is 60.0 Å². The van der Waals surface area contributed by atoms with Gasteiger partial charge in [-0.1, -0.05) is 42.8 Å². The highest BCUT2D eigenvalue weighted by atomic mass is 32.2. The predicted octanol–water partition coefficient (Wildman–Crippen LogP) is 3.54. The molecule has 0 saturated heterocycles. The van der Waals surface area contributed by atoms with Crippen LogP contribution in [-0.2, 0) is 11.2 Å². The van der Waals surface area contributed by atoms with Crippen LogP contribution in [0.3, 0.4) is 0 Å². The molecule has 2 N–H and O–H groups in total. The number of carbonyl (C=O) groups is 1. The van der Waals surface area contributed by atoms with Crippen LogP contribution >= 0.6 is 11.8 Å². The minimum absolute atomic E-state index is 0.162. The molecule has 6 nitrogen and oxygen atoms in total. The molecule has 146 valence electrons. The van der Waals surface area contributed by atoms with E-state index in [0.717, 1.165) is 46.2 Å². The van der Waals surface area contributed by atoms with Crippen molar-refractivity contribution in [2.24, 2.45) is 0 Å². The summed E-state index contributed by atoms with van der Waals surface area (Å²) in [5.74, 6) is -0.162. The number of carbonyl (C=O) groups excluding carboxylic acids is 1. The summed E-state index contributed by atoms with van der Waals surface area (Å²) in [6, 6.07) is 13.6. The number of hydrogen-bond donors (Lipinski definition) is 2. The number of amides is 1. The Kier molecular flexibility index (Phi) is 6.04. The molecule has 1 unspecified atom stereocenters. The minimum Gasteiger partial charge on any atom is -0.325 e. The van der Waals surface area contributed by atoms with Crippen molar-refractivity contribution >= 4 is 23.4 Å². The Morgan fingerprint density at radius 2 is 1.93 bits per heavy atom. The molecule has 28 heavy (non-hydrogen) atoms. The third-order valence-electron chi connectivity index (χ3n) is 4.55. The van der Waals surface area contributed by atoms with Gasteiger partial charge in [-0.3, -0.25) is 9.32 Å². The number of H-pyrrole nitrogens is 1. The predicted molar refractivity (Wildman–Crippen MR) is 110 cm³/mol. The summed E-state index contributed by atoms with van der Waals surface area (Å²) in [6.07, 6.45) is 0.827. The first-order chi connectivity index (χ1) is 13.4. The minimum atomic E-state index is -0.504.